The summed E-state index contributed by atoms with van der Waals surface area (Å²) in [5, 5.41) is 8.80. The van der Waals surface area contributed by atoms with Gasteiger partial charge in [-0.2, -0.15) is 0 Å². The first-order valence-electron chi connectivity index (χ1n) is 11.7. The molecular weight excluding hydrogens is 410 g/mol. The van der Waals surface area contributed by atoms with Gasteiger partial charge in [-0.3, -0.25) is 9.59 Å². The normalized spacial score (nSPS) is 27.8. The van der Waals surface area contributed by atoms with E-state index in [0.29, 0.717) is 25.9 Å². The number of nitrogens with zero attached hydrogens (tertiary/aromatic N) is 1. The van der Waals surface area contributed by atoms with Crippen molar-refractivity contribution in [3.8, 4) is 11.5 Å². The van der Waals surface area contributed by atoms with Crippen molar-refractivity contribution in [2.24, 2.45) is 11.3 Å². The summed E-state index contributed by atoms with van der Waals surface area (Å²) in [6.45, 7) is 7.83. The highest BCUT2D eigenvalue weighted by atomic mass is 16.5. The molecule has 7 heteroatoms. The van der Waals surface area contributed by atoms with Crippen molar-refractivity contribution in [2.45, 2.75) is 77.1 Å². The SMILES string of the molecule is COc1cccc2c1OC(C)(C)[C@H]1CC3(CCN(C(=O)CCCC(=O)O)CC3)[C@H](C)O[C@H]21. The fourth-order valence-corrected chi connectivity index (χ4v) is 5.80. The third-order valence-electron chi connectivity index (χ3n) is 7.89. The Kier molecular flexibility index (Phi) is 6.14. The molecule has 2 fully saturated rings. The Morgan fingerprint density at radius 3 is 2.59 bits per heavy atom. The standard InChI is InChI=1S/C25H35NO6/c1-16-25(11-13-26(14-12-25)20(27)9-6-10-21(28)29)15-18-22(31-16)17-7-5-8-19(30-4)23(17)32-24(18,2)3/h5,7-8,16,18,22H,6,9-15H2,1-4H3,(H,28,29)/t16-,18-,22+/m0/s1. The molecule has 0 aromatic heterocycles. The van der Waals surface area contributed by atoms with Crippen LogP contribution in [0, 0.1) is 11.3 Å². The van der Waals surface area contributed by atoms with Crippen molar-refractivity contribution in [1.82, 2.24) is 4.90 Å². The zero-order valence-electron chi connectivity index (χ0n) is 19.6. The van der Waals surface area contributed by atoms with E-state index in [1.165, 1.54) is 0 Å². The fourth-order valence-electron chi connectivity index (χ4n) is 5.80. The summed E-state index contributed by atoms with van der Waals surface area (Å²) < 4.78 is 18.8. The topological polar surface area (TPSA) is 85.3 Å². The maximum Gasteiger partial charge on any atom is 0.303 e. The number of likely N-dealkylation sites (tertiary alicyclic amines) is 1. The van der Waals surface area contributed by atoms with Crippen LogP contribution in [0.3, 0.4) is 0 Å². The lowest BCUT2D eigenvalue weighted by molar-refractivity contribution is -0.210. The Balaban J connectivity index is 1.48. The molecule has 0 saturated carbocycles. The van der Waals surface area contributed by atoms with Crippen molar-refractivity contribution in [1.29, 1.82) is 0 Å². The van der Waals surface area contributed by atoms with Gasteiger partial charge in [-0.15, -0.1) is 0 Å². The summed E-state index contributed by atoms with van der Waals surface area (Å²) in [7, 11) is 1.66. The minimum Gasteiger partial charge on any atom is -0.493 e. The van der Waals surface area contributed by atoms with Gasteiger partial charge < -0.3 is 24.2 Å². The van der Waals surface area contributed by atoms with Gasteiger partial charge in [0.1, 0.15) is 5.60 Å². The third kappa shape index (κ3) is 4.07. The Bertz CT molecular complexity index is 873. The molecule has 1 N–H and O–H groups in total. The van der Waals surface area contributed by atoms with E-state index in [-0.39, 0.29) is 35.9 Å². The van der Waals surface area contributed by atoms with E-state index in [0.717, 1.165) is 36.3 Å². The van der Waals surface area contributed by atoms with E-state index in [1.54, 1.807) is 7.11 Å². The van der Waals surface area contributed by atoms with Crippen LogP contribution in [0.25, 0.3) is 0 Å². The number of rotatable bonds is 5. The average Bonchev–Trinajstić information content (AvgIpc) is 2.75. The monoisotopic (exact) mass is 445 g/mol. The van der Waals surface area contributed by atoms with Crippen LogP contribution in [-0.2, 0) is 14.3 Å². The number of aliphatic carboxylic acids is 1. The molecule has 1 aromatic carbocycles. The number of hydrogen-bond acceptors (Lipinski definition) is 5. The minimum absolute atomic E-state index is 0.00993. The molecule has 1 aromatic rings. The molecule has 3 aliphatic rings. The second kappa shape index (κ2) is 8.58. The minimum atomic E-state index is -0.852. The number of amides is 1. The second-order valence-corrected chi connectivity index (χ2v) is 10.1. The maximum absolute atomic E-state index is 12.5. The number of fused-ring (bicyclic) bond motifs is 3. The first-order valence-corrected chi connectivity index (χ1v) is 11.7. The largest absolute Gasteiger partial charge is 0.493 e. The summed E-state index contributed by atoms with van der Waals surface area (Å²) in [5.41, 5.74) is 0.667. The molecule has 0 unspecified atom stereocenters. The van der Waals surface area contributed by atoms with Crippen LogP contribution in [0.1, 0.15) is 71.0 Å². The van der Waals surface area contributed by atoms with Gasteiger partial charge in [-0.25, -0.2) is 0 Å². The zero-order chi connectivity index (χ0) is 23.1. The van der Waals surface area contributed by atoms with Crippen LogP contribution < -0.4 is 9.47 Å². The molecular formula is C25H35NO6. The highest BCUT2D eigenvalue weighted by Gasteiger charge is 2.56. The van der Waals surface area contributed by atoms with Gasteiger partial charge in [0, 0.05) is 42.8 Å². The molecule has 176 valence electrons. The number of methoxy groups -OCH3 is 1. The molecule has 32 heavy (non-hydrogen) atoms. The molecule has 0 radical (unpaired) electrons. The van der Waals surface area contributed by atoms with Gasteiger partial charge in [-0.05, 0) is 52.5 Å². The molecule has 3 aliphatic heterocycles. The molecule has 7 nitrogen and oxygen atoms in total. The van der Waals surface area contributed by atoms with E-state index in [1.807, 2.05) is 17.0 Å². The number of para-hydroxylation sites is 1. The van der Waals surface area contributed by atoms with Gasteiger partial charge in [0.25, 0.3) is 0 Å². The van der Waals surface area contributed by atoms with Crippen LogP contribution in [0.15, 0.2) is 18.2 Å². The molecule has 3 atom stereocenters. The van der Waals surface area contributed by atoms with E-state index >= 15 is 0 Å². The third-order valence-corrected chi connectivity index (χ3v) is 7.89. The smallest absolute Gasteiger partial charge is 0.303 e. The number of carbonyl (C=O) groups is 2. The fraction of sp³-hybridized carbons (Fsp3) is 0.680. The molecule has 2 saturated heterocycles. The van der Waals surface area contributed by atoms with Crippen molar-refractivity contribution >= 4 is 11.9 Å². The van der Waals surface area contributed by atoms with Gasteiger partial charge >= 0.3 is 5.97 Å². The summed E-state index contributed by atoms with van der Waals surface area (Å²) in [6.07, 6.45) is 3.54. The predicted molar refractivity (Wildman–Crippen MR) is 119 cm³/mol. The lowest BCUT2D eigenvalue weighted by Crippen LogP contribution is -2.57. The number of carbonyl (C=O) groups excluding carboxylic acids is 1. The Morgan fingerprint density at radius 1 is 1.22 bits per heavy atom. The lowest BCUT2D eigenvalue weighted by atomic mass is 9.61. The van der Waals surface area contributed by atoms with Crippen molar-refractivity contribution < 1.29 is 28.9 Å². The number of hydrogen-bond donors (Lipinski definition) is 1. The van der Waals surface area contributed by atoms with E-state index in [9.17, 15) is 9.59 Å². The Labute approximate surface area is 190 Å². The van der Waals surface area contributed by atoms with Crippen LogP contribution in [0.2, 0.25) is 0 Å². The molecule has 1 spiro atoms. The van der Waals surface area contributed by atoms with Crippen LogP contribution >= 0.6 is 0 Å². The van der Waals surface area contributed by atoms with E-state index in [2.05, 4.69) is 26.8 Å². The van der Waals surface area contributed by atoms with Crippen LogP contribution in [-0.4, -0.2) is 53.8 Å². The lowest BCUT2D eigenvalue weighted by Gasteiger charge is -2.57. The highest BCUT2D eigenvalue weighted by Crippen LogP contribution is 2.59. The predicted octanol–water partition coefficient (Wildman–Crippen LogP) is 4.20. The Hall–Kier alpha value is -2.28. The summed E-state index contributed by atoms with van der Waals surface area (Å²) in [6, 6.07) is 5.99. The molecule has 0 bridgehead atoms. The number of ether oxygens (including phenoxy) is 3. The van der Waals surface area contributed by atoms with E-state index < -0.39 is 11.6 Å². The molecule has 4 rings (SSSR count). The number of carboxylic acids is 1. The zero-order valence-corrected chi connectivity index (χ0v) is 19.6. The quantitative estimate of drug-likeness (QED) is 0.731. The van der Waals surface area contributed by atoms with Gasteiger partial charge in [0.05, 0.1) is 19.3 Å². The number of piperidine rings is 1. The number of benzene rings is 1. The van der Waals surface area contributed by atoms with Gasteiger partial charge in [0.2, 0.25) is 5.91 Å². The van der Waals surface area contributed by atoms with Crippen molar-refractivity contribution in [3.05, 3.63) is 23.8 Å². The molecule has 3 heterocycles. The van der Waals surface area contributed by atoms with Crippen LogP contribution in [0.4, 0.5) is 0 Å². The first-order chi connectivity index (χ1) is 15.2. The first kappa shape index (κ1) is 22.9. The van der Waals surface area contributed by atoms with E-state index in [4.69, 9.17) is 19.3 Å². The number of carboxylic acid groups (broad SMARTS) is 1. The average molecular weight is 446 g/mol. The highest BCUT2D eigenvalue weighted by molar-refractivity contribution is 5.77. The van der Waals surface area contributed by atoms with Crippen molar-refractivity contribution in [2.75, 3.05) is 20.2 Å². The van der Waals surface area contributed by atoms with Crippen LogP contribution in [0.5, 0.6) is 11.5 Å². The summed E-state index contributed by atoms with van der Waals surface area (Å²) >= 11 is 0. The van der Waals surface area contributed by atoms with Crippen molar-refractivity contribution in [3.63, 3.8) is 0 Å². The molecule has 0 aliphatic carbocycles. The molecule has 1 amide bonds. The second-order valence-electron chi connectivity index (χ2n) is 10.1. The van der Waals surface area contributed by atoms with Gasteiger partial charge in [0.15, 0.2) is 11.5 Å². The summed E-state index contributed by atoms with van der Waals surface area (Å²) in [4.78, 5) is 25.1. The summed E-state index contributed by atoms with van der Waals surface area (Å²) in [5.74, 6) is 0.933. The van der Waals surface area contributed by atoms with Gasteiger partial charge in [-0.1, -0.05) is 12.1 Å². The Morgan fingerprint density at radius 2 is 1.94 bits per heavy atom. The maximum atomic E-state index is 12.5.